The quantitative estimate of drug-likeness (QED) is 0.0542. The van der Waals surface area contributed by atoms with E-state index in [1.54, 1.807) is 121 Å². The van der Waals surface area contributed by atoms with E-state index in [0.29, 0.717) is 71.0 Å². The number of rotatable bonds is 16. The van der Waals surface area contributed by atoms with Gasteiger partial charge in [0.05, 0.1) is 20.2 Å². The summed E-state index contributed by atoms with van der Waals surface area (Å²) in [7, 11) is 0. The molecule has 9 aromatic carbocycles. The molecule has 0 atom stereocenters. The Kier molecular flexibility index (Phi) is 20.0. The zero-order valence-electron chi connectivity index (χ0n) is 50.2. The van der Waals surface area contributed by atoms with Gasteiger partial charge in [-0.1, -0.05) is 91.0 Å². The maximum absolute atomic E-state index is 14.3. The Bertz CT molecular complexity index is 4870. The molecule has 3 aromatic heterocycles. The standard InChI is InChI=1S/C25H17F3O3S.C25H18F2O4S.C25H19FO3S/c1-15(29)2-3-16-4-11-20(12-5-16)31-23-21-13-10-19(30)14-22(21)32-24(23)17-6-8-18(9-7-17)25(26,27)28;1-25(26,27)20-5-3-2-4-18(20)24-23(19-12-9-16(28)14-21(19)32-24)31-17-10-6-15(7-11-17)8-13-22(29)30;1-15-13-18(26)7-11-21(15)25-24(22-12-8-19(28)14-23(22)30-25)29-20-9-5-17(6-10-20)4-3-16(2)27/h2-14,30H,1H3;2-14,28H,1H3,(H,29,30);3-14,28H,1-2H3/b3-2+;13-8+;4-3+. The number of hydrogen-bond acceptors (Lipinski definition) is 12. The van der Waals surface area contributed by atoms with Crippen LogP contribution in [0.2, 0.25) is 0 Å². The number of aliphatic carboxylic acids is 1. The number of benzene rings is 9. The van der Waals surface area contributed by atoms with Crippen LogP contribution in [0.1, 0.15) is 54.2 Å². The van der Waals surface area contributed by atoms with Crippen molar-refractivity contribution in [1.29, 1.82) is 0 Å². The number of carboxylic acid groups (broad SMARTS) is 1. The fraction of sp³-hybridized carbons (Fsp3) is 0.0800. The van der Waals surface area contributed by atoms with Crippen LogP contribution in [0.4, 0.5) is 26.3 Å². The summed E-state index contributed by atoms with van der Waals surface area (Å²) in [6.07, 6.45) is 4.52. The Balaban J connectivity index is 0.000000154. The van der Waals surface area contributed by atoms with Crippen molar-refractivity contribution in [3.05, 3.63) is 252 Å². The normalized spacial score (nSPS) is 11.7. The van der Waals surface area contributed by atoms with Gasteiger partial charge in [0.2, 0.25) is 0 Å². The monoisotopic (exact) mass is 1320 g/mol. The Morgan fingerprint density at radius 1 is 0.457 bits per heavy atom. The van der Waals surface area contributed by atoms with Crippen molar-refractivity contribution in [3.63, 3.8) is 0 Å². The molecule has 474 valence electrons. The highest BCUT2D eigenvalue weighted by Crippen LogP contribution is 2.52. The lowest BCUT2D eigenvalue weighted by Crippen LogP contribution is -2.08. The third-order valence-corrected chi connectivity index (χ3v) is 17.7. The number of carbonyl (C=O) groups is 3. The maximum atomic E-state index is 14.3. The number of ketones is 2. The minimum absolute atomic E-state index is 0.0115. The number of phenols is 3. The molecule has 0 aliphatic rings. The van der Waals surface area contributed by atoms with E-state index in [-0.39, 0.29) is 40.2 Å². The van der Waals surface area contributed by atoms with Crippen LogP contribution in [-0.2, 0) is 26.5 Å². The van der Waals surface area contributed by atoms with E-state index in [2.05, 4.69) is 0 Å². The molecule has 12 aromatic rings. The van der Waals surface area contributed by atoms with Gasteiger partial charge >= 0.3 is 12.1 Å². The molecule has 3 heterocycles. The van der Waals surface area contributed by atoms with Crippen molar-refractivity contribution in [2.75, 3.05) is 0 Å². The van der Waals surface area contributed by atoms with E-state index in [4.69, 9.17) is 19.3 Å². The van der Waals surface area contributed by atoms with Crippen molar-refractivity contribution in [2.24, 2.45) is 0 Å². The topological polar surface area (TPSA) is 160 Å². The first-order valence-electron chi connectivity index (χ1n) is 28.6. The summed E-state index contributed by atoms with van der Waals surface area (Å²) in [6.45, 7) is 5.69. The van der Waals surface area contributed by atoms with Gasteiger partial charge in [0.25, 0.3) is 5.92 Å². The number of aromatic hydroxyl groups is 3. The third kappa shape index (κ3) is 16.3. The van der Waals surface area contributed by atoms with Crippen molar-refractivity contribution in [1.82, 2.24) is 0 Å². The fourth-order valence-electron chi connectivity index (χ4n) is 9.68. The van der Waals surface area contributed by atoms with Gasteiger partial charge in [0.15, 0.2) is 28.8 Å². The number of hydrogen-bond donors (Lipinski definition) is 4. The van der Waals surface area contributed by atoms with Crippen molar-refractivity contribution in [2.45, 2.75) is 39.8 Å². The highest BCUT2D eigenvalue weighted by molar-refractivity contribution is 7.23. The second kappa shape index (κ2) is 28.4. The number of carboxylic acids is 1. The summed E-state index contributed by atoms with van der Waals surface area (Å²) >= 11 is 4.07. The highest BCUT2D eigenvalue weighted by Gasteiger charge is 2.32. The lowest BCUT2D eigenvalue weighted by atomic mass is 10.0. The van der Waals surface area contributed by atoms with Crippen molar-refractivity contribution >= 4 is 100 Å². The van der Waals surface area contributed by atoms with Crippen LogP contribution >= 0.6 is 34.0 Å². The fourth-order valence-corrected chi connectivity index (χ4v) is 13.3. The van der Waals surface area contributed by atoms with Gasteiger partial charge in [-0.05, 0) is 188 Å². The summed E-state index contributed by atoms with van der Waals surface area (Å²) < 4.78 is 102. The SMILES string of the molecule is CC(=O)/C=C/c1ccc(Oc2c(-c3ccc(C(F)(F)F)cc3)sc3cc(O)ccc23)cc1.CC(=O)/C=C/c1ccc(Oc2c(-c3ccc(F)cc3C)sc3cc(O)ccc23)cc1.CC(F)(F)c1ccccc1-c1sc2cc(O)ccc2c1Oc1ccc(/C=C/C(=O)O)cc1. The number of carbonyl (C=O) groups excluding carboxylic acids is 2. The van der Waals surface area contributed by atoms with Crippen LogP contribution in [0.5, 0.6) is 51.7 Å². The van der Waals surface area contributed by atoms with Gasteiger partial charge in [-0.2, -0.15) is 13.2 Å². The van der Waals surface area contributed by atoms with Crippen LogP contribution in [0, 0.1) is 12.7 Å². The molecule has 0 bridgehead atoms. The molecule has 0 spiro atoms. The first-order chi connectivity index (χ1) is 44.8. The molecular weight excluding hydrogens is 1270 g/mol. The lowest BCUT2D eigenvalue weighted by molar-refractivity contribution is -0.137. The van der Waals surface area contributed by atoms with E-state index in [1.165, 1.54) is 109 Å². The van der Waals surface area contributed by atoms with Gasteiger partial charge in [-0.25, -0.2) is 18.0 Å². The molecule has 0 unspecified atom stereocenters. The van der Waals surface area contributed by atoms with Crippen LogP contribution in [0.3, 0.4) is 0 Å². The lowest BCUT2D eigenvalue weighted by Gasteiger charge is -2.16. The number of thiophene rings is 3. The summed E-state index contributed by atoms with van der Waals surface area (Å²) in [4.78, 5) is 35.0. The molecular formula is C75H54F6O10S3. The predicted octanol–water partition coefficient (Wildman–Crippen LogP) is 22.1. The van der Waals surface area contributed by atoms with E-state index < -0.39 is 23.6 Å². The number of aryl methyl sites for hydroxylation is 1. The molecule has 94 heavy (non-hydrogen) atoms. The number of halogens is 6. The van der Waals surface area contributed by atoms with Gasteiger partial charge in [-0.15, -0.1) is 34.0 Å². The minimum Gasteiger partial charge on any atom is -0.508 e. The number of alkyl halides is 5. The summed E-state index contributed by atoms with van der Waals surface area (Å²) in [5, 5.41) is 40.7. The van der Waals surface area contributed by atoms with Crippen LogP contribution in [0.15, 0.2) is 212 Å². The maximum Gasteiger partial charge on any atom is 0.416 e. The molecule has 4 N–H and O–H groups in total. The molecule has 12 rings (SSSR count). The Hall–Kier alpha value is -10.7. The summed E-state index contributed by atoms with van der Waals surface area (Å²) in [5.74, 6) is -0.899. The van der Waals surface area contributed by atoms with Crippen LogP contribution in [-0.4, -0.2) is 38.0 Å². The first kappa shape index (κ1) is 66.2. The predicted molar refractivity (Wildman–Crippen MR) is 362 cm³/mol. The van der Waals surface area contributed by atoms with E-state index >= 15 is 0 Å². The zero-order valence-corrected chi connectivity index (χ0v) is 52.6. The van der Waals surface area contributed by atoms with E-state index in [0.717, 1.165) is 72.4 Å². The third-order valence-electron chi connectivity index (χ3n) is 14.2. The zero-order chi connectivity index (χ0) is 67.0. The molecule has 0 amide bonds. The number of phenolic OH excluding ortho intramolecular Hbond substituents is 3. The Morgan fingerprint density at radius 2 is 0.851 bits per heavy atom. The molecule has 19 heteroatoms. The molecule has 0 aliphatic carbocycles. The largest absolute Gasteiger partial charge is 0.508 e. The molecule has 10 nitrogen and oxygen atoms in total. The minimum atomic E-state index is -4.41. The smallest absolute Gasteiger partial charge is 0.416 e. The van der Waals surface area contributed by atoms with Crippen molar-refractivity contribution < 1.29 is 75.4 Å². The van der Waals surface area contributed by atoms with Gasteiger partial charge in [-0.3, -0.25) is 9.59 Å². The molecule has 0 saturated heterocycles. The first-order valence-corrected chi connectivity index (χ1v) is 31.1. The highest BCUT2D eigenvalue weighted by atomic mass is 32.1. The second-order valence-corrected chi connectivity index (χ2v) is 24.5. The number of fused-ring (bicyclic) bond motifs is 3. The van der Waals surface area contributed by atoms with E-state index in [1.807, 2.05) is 37.3 Å². The molecule has 0 fully saturated rings. The Labute approximate surface area is 546 Å². The molecule has 0 radical (unpaired) electrons. The van der Waals surface area contributed by atoms with Crippen LogP contribution < -0.4 is 14.2 Å². The second-order valence-electron chi connectivity index (χ2n) is 21.4. The van der Waals surface area contributed by atoms with Crippen molar-refractivity contribution in [3.8, 4) is 83.1 Å². The Morgan fingerprint density at radius 3 is 1.24 bits per heavy atom. The van der Waals surface area contributed by atoms with Gasteiger partial charge in [0.1, 0.15) is 40.3 Å². The summed E-state index contributed by atoms with van der Waals surface area (Å²) in [6, 6.07) is 51.9. The average Bonchev–Trinajstić information content (AvgIpc) is 1.62. The average molecular weight is 1330 g/mol. The number of ether oxygens (including phenoxy) is 3. The van der Waals surface area contributed by atoms with Gasteiger partial charge < -0.3 is 34.6 Å². The number of allylic oxidation sites excluding steroid dienone is 2. The molecule has 0 aliphatic heterocycles. The van der Waals surface area contributed by atoms with Gasteiger partial charge in [0, 0.05) is 54.4 Å². The summed E-state index contributed by atoms with van der Waals surface area (Å²) in [5.41, 5.74) is 4.19. The van der Waals surface area contributed by atoms with E-state index in [9.17, 15) is 56.0 Å². The van der Waals surface area contributed by atoms with Crippen LogP contribution in [0.25, 0.3) is 79.8 Å². The molecule has 0 saturated carbocycles.